The summed E-state index contributed by atoms with van der Waals surface area (Å²) in [5.41, 5.74) is 2.43. The van der Waals surface area contributed by atoms with Crippen molar-refractivity contribution >= 4 is 33.2 Å². The first-order chi connectivity index (χ1) is 13.9. The molecule has 29 heavy (non-hydrogen) atoms. The van der Waals surface area contributed by atoms with Gasteiger partial charge in [0.1, 0.15) is 5.82 Å². The average molecular weight is 430 g/mol. The number of carbonyl (C=O) groups excluding carboxylic acids is 1. The van der Waals surface area contributed by atoms with Crippen LogP contribution in [-0.2, 0) is 21.1 Å². The summed E-state index contributed by atoms with van der Waals surface area (Å²) in [6.45, 7) is 0. The number of carbonyl (C=O) groups is 1. The molecule has 3 aromatic rings. The average Bonchev–Trinajstić information content (AvgIpc) is 3.27. The molecule has 0 bridgehead atoms. The van der Waals surface area contributed by atoms with Crippen LogP contribution in [0.3, 0.4) is 0 Å². The molecule has 4 rings (SSSR count). The number of sulfone groups is 1. The first kappa shape index (κ1) is 19.7. The van der Waals surface area contributed by atoms with Gasteiger partial charge in [-0.15, -0.1) is 0 Å². The van der Waals surface area contributed by atoms with Crippen LogP contribution in [0.4, 0.5) is 5.82 Å². The van der Waals surface area contributed by atoms with Crippen LogP contribution in [-0.4, -0.2) is 35.6 Å². The highest BCUT2D eigenvalue weighted by molar-refractivity contribution is 7.91. The summed E-state index contributed by atoms with van der Waals surface area (Å²) in [5, 5.41) is 8.13. The van der Waals surface area contributed by atoms with Gasteiger partial charge in [-0.1, -0.05) is 54.1 Å². The SMILES string of the molecule is O=C(Cc1ccc(Cl)cc1)Nc1cc(-c2ccccc2)nn1C1CCS(=O)(=O)C1. The van der Waals surface area contributed by atoms with Crippen LogP contribution in [0.1, 0.15) is 18.0 Å². The van der Waals surface area contributed by atoms with E-state index in [9.17, 15) is 13.2 Å². The van der Waals surface area contributed by atoms with Crippen molar-refractivity contribution in [2.45, 2.75) is 18.9 Å². The minimum Gasteiger partial charge on any atom is -0.311 e. The Morgan fingerprint density at radius 3 is 2.52 bits per heavy atom. The highest BCUT2D eigenvalue weighted by Gasteiger charge is 2.31. The number of amides is 1. The van der Waals surface area contributed by atoms with E-state index in [0.717, 1.165) is 11.1 Å². The third-order valence-electron chi connectivity index (χ3n) is 4.90. The molecule has 150 valence electrons. The summed E-state index contributed by atoms with van der Waals surface area (Å²) >= 11 is 5.89. The van der Waals surface area contributed by atoms with Crippen LogP contribution in [0.5, 0.6) is 0 Å². The summed E-state index contributed by atoms with van der Waals surface area (Å²) in [5.74, 6) is 0.470. The van der Waals surface area contributed by atoms with Crippen LogP contribution >= 0.6 is 11.6 Å². The fourth-order valence-electron chi connectivity index (χ4n) is 3.46. The second-order valence-electron chi connectivity index (χ2n) is 7.13. The lowest BCUT2D eigenvalue weighted by atomic mass is 10.1. The second-order valence-corrected chi connectivity index (χ2v) is 9.80. The molecule has 1 N–H and O–H groups in total. The van der Waals surface area contributed by atoms with E-state index in [2.05, 4.69) is 10.4 Å². The third-order valence-corrected chi connectivity index (χ3v) is 6.91. The third kappa shape index (κ3) is 4.68. The van der Waals surface area contributed by atoms with Gasteiger partial charge < -0.3 is 5.32 Å². The topological polar surface area (TPSA) is 81.1 Å². The van der Waals surface area contributed by atoms with Crippen molar-refractivity contribution in [1.29, 1.82) is 0 Å². The normalized spacial score (nSPS) is 17.9. The van der Waals surface area contributed by atoms with Crippen molar-refractivity contribution < 1.29 is 13.2 Å². The standard InChI is InChI=1S/C21H20ClN3O3S/c22-17-8-6-15(7-9-17)12-21(26)23-20-13-19(16-4-2-1-3-5-16)24-25(20)18-10-11-29(27,28)14-18/h1-9,13,18H,10-12,14H2,(H,23,26). The lowest BCUT2D eigenvalue weighted by Gasteiger charge is -2.13. The Labute approximate surface area is 174 Å². The molecule has 2 aromatic carbocycles. The Morgan fingerprint density at radius 1 is 1.14 bits per heavy atom. The lowest BCUT2D eigenvalue weighted by Crippen LogP contribution is -2.20. The van der Waals surface area contributed by atoms with E-state index in [1.165, 1.54) is 0 Å². The second kappa shape index (κ2) is 8.00. The van der Waals surface area contributed by atoms with Crippen molar-refractivity contribution in [3.05, 3.63) is 71.2 Å². The Morgan fingerprint density at radius 2 is 1.86 bits per heavy atom. The van der Waals surface area contributed by atoms with Gasteiger partial charge in [0.15, 0.2) is 9.84 Å². The van der Waals surface area contributed by atoms with Gasteiger partial charge in [-0.3, -0.25) is 4.79 Å². The number of hydrogen-bond donors (Lipinski definition) is 1. The molecule has 1 unspecified atom stereocenters. The first-order valence-corrected chi connectivity index (χ1v) is 11.5. The minimum absolute atomic E-state index is 0.0307. The summed E-state index contributed by atoms with van der Waals surface area (Å²) in [7, 11) is -3.08. The van der Waals surface area contributed by atoms with Crippen molar-refractivity contribution in [3.63, 3.8) is 0 Å². The molecule has 0 saturated carbocycles. The predicted octanol–water partition coefficient (Wildman–Crippen LogP) is 3.74. The smallest absolute Gasteiger partial charge is 0.229 e. The Balaban J connectivity index is 1.61. The Hall–Kier alpha value is -2.64. The Bertz CT molecular complexity index is 1130. The van der Waals surface area contributed by atoms with Gasteiger partial charge in [0.25, 0.3) is 0 Å². The molecule has 1 aliphatic heterocycles. The number of anilines is 1. The number of nitrogens with zero attached hydrogens (tertiary/aromatic N) is 2. The van der Waals surface area contributed by atoms with Gasteiger partial charge in [-0.05, 0) is 24.1 Å². The van der Waals surface area contributed by atoms with Gasteiger partial charge in [0.2, 0.25) is 5.91 Å². The zero-order valence-corrected chi connectivity index (χ0v) is 17.2. The number of nitrogens with one attached hydrogen (secondary N) is 1. The molecule has 1 atom stereocenters. The van der Waals surface area contributed by atoms with Crippen molar-refractivity contribution in [2.75, 3.05) is 16.8 Å². The van der Waals surface area contributed by atoms with E-state index in [4.69, 9.17) is 11.6 Å². The van der Waals surface area contributed by atoms with E-state index < -0.39 is 9.84 Å². The van der Waals surface area contributed by atoms with Gasteiger partial charge >= 0.3 is 0 Å². The highest BCUT2D eigenvalue weighted by Crippen LogP contribution is 2.30. The zero-order valence-electron chi connectivity index (χ0n) is 15.6. The highest BCUT2D eigenvalue weighted by atomic mass is 35.5. The van der Waals surface area contributed by atoms with Gasteiger partial charge in [0.05, 0.1) is 29.7 Å². The number of rotatable bonds is 5. The molecule has 0 aliphatic carbocycles. The molecule has 1 saturated heterocycles. The molecule has 6 nitrogen and oxygen atoms in total. The molecular weight excluding hydrogens is 410 g/mol. The van der Waals surface area contributed by atoms with Gasteiger partial charge in [-0.2, -0.15) is 5.10 Å². The van der Waals surface area contributed by atoms with E-state index in [0.29, 0.717) is 23.0 Å². The summed E-state index contributed by atoms with van der Waals surface area (Å²) < 4.78 is 25.6. The fraction of sp³-hybridized carbons (Fsp3) is 0.238. The summed E-state index contributed by atoms with van der Waals surface area (Å²) in [6.07, 6.45) is 0.671. The van der Waals surface area contributed by atoms with Crippen molar-refractivity contribution in [1.82, 2.24) is 9.78 Å². The van der Waals surface area contributed by atoms with Crippen molar-refractivity contribution in [2.24, 2.45) is 0 Å². The molecule has 8 heteroatoms. The van der Waals surface area contributed by atoms with E-state index in [1.54, 1.807) is 35.0 Å². The minimum atomic E-state index is -3.08. The maximum atomic E-state index is 12.6. The number of aromatic nitrogens is 2. The van der Waals surface area contributed by atoms with Crippen LogP contribution in [0.25, 0.3) is 11.3 Å². The predicted molar refractivity (Wildman–Crippen MR) is 114 cm³/mol. The molecule has 0 radical (unpaired) electrons. The monoisotopic (exact) mass is 429 g/mol. The quantitative estimate of drug-likeness (QED) is 0.669. The first-order valence-electron chi connectivity index (χ1n) is 9.29. The Kier molecular flexibility index (Phi) is 5.43. The van der Waals surface area contributed by atoms with E-state index in [1.807, 2.05) is 30.3 Å². The van der Waals surface area contributed by atoms with Gasteiger partial charge in [0, 0.05) is 16.7 Å². The molecule has 1 aromatic heterocycles. The maximum Gasteiger partial charge on any atom is 0.229 e. The van der Waals surface area contributed by atoms with Crippen LogP contribution in [0, 0.1) is 0 Å². The largest absolute Gasteiger partial charge is 0.311 e. The molecule has 1 aliphatic rings. The fourth-order valence-corrected chi connectivity index (χ4v) is 5.28. The van der Waals surface area contributed by atoms with E-state index >= 15 is 0 Å². The van der Waals surface area contributed by atoms with Gasteiger partial charge in [-0.25, -0.2) is 13.1 Å². The van der Waals surface area contributed by atoms with E-state index in [-0.39, 0.29) is 29.9 Å². The van der Waals surface area contributed by atoms with Crippen LogP contribution in [0.15, 0.2) is 60.7 Å². The number of benzene rings is 2. The zero-order chi connectivity index (χ0) is 20.4. The lowest BCUT2D eigenvalue weighted by molar-refractivity contribution is -0.115. The summed E-state index contributed by atoms with van der Waals surface area (Å²) in [6, 6.07) is 18.2. The van der Waals surface area contributed by atoms with Crippen LogP contribution in [0.2, 0.25) is 5.02 Å². The number of hydrogen-bond acceptors (Lipinski definition) is 4. The molecular formula is C21H20ClN3O3S. The molecule has 1 amide bonds. The maximum absolute atomic E-state index is 12.6. The molecule has 0 spiro atoms. The molecule has 2 heterocycles. The van der Waals surface area contributed by atoms with Crippen LogP contribution < -0.4 is 5.32 Å². The summed E-state index contributed by atoms with van der Waals surface area (Å²) in [4.78, 5) is 12.6. The van der Waals surface area contributed by atoms with Crippen molar-refractivity contribution in [3.8, 4) is 11.3 Å². The molecule has 1 fully saturated rings. The number of halogens is 1.